The molecule has 5 nitrogen and oxygen atoms in total. The lowest BCUT2D eigenvalue weighted by Gasteiger charge is -2.08. The zero-order chi connectivity index (χ0) is 18.7. The maximum Gasteiger partial charge on any atom is 0.338 e. The van der Waals surface area contributed by atoms with Crippen LogP contribution >= 0.6 is 0 Å². The first-order valence-electron chi connectivity index (χ1n) is 7.91. The number of fused-ring (bicyclic) bond motifs is 1. The lowest BCUT2D eigenvalue weighted by molar-refractivity contribution is 0.0472. The Bertz CT molecular complexity index is 1070. The van der Waals surface area contributed by atoms with Crippen molar-refractivity contribution in [1.29, 1.82) is 0 Å². The van der Waals surface area contributed by atoms with Crippen molar-refractivity contribution < 1.29 is 22.7 Å². The van der Waals surface area contributed by atoms with E-state index in [0.29, 0.717) is 0 Å². The second-order valence-electron chi connectivity index (χ2n) is 5.92. The van der Waals surface area contributed by atoms with E-state index in [0.717, 1.165) is 28.3 Å². The van der Waals surface area contributed by atoms with Gasteiger partial charge in [-0.25, -0.2) is 13.2 Å². The molecule has 3 aromatic rings. The van der Waals surface area contributed by atoms with E-state index in [2.05, 4.69) is 0 Å². The molecule has 6 heteroatoms. The van der Waals surface area contributed by atoms with Gasteiger partial charge in [-0.2, -0.15) is 0 Å². The Balaban J connectivity index is 1.74. The fourth-order valence-electron chi connectivity index (χ4n) is 2.58. The topological polar surface area (TPSA) is 69.7 Å². The molecule has 0 unspecified atom stereocenters. The number of benzene rings is 3. The van der Waals surface area contributed by atoms with Crippen molar-refractivity contribution in [3.8, 4) is 5.75 Å². The van der Waals surface area contributed by atoms with Crippen LogP contribution in [0.4, 0.5) is 0 Å². The average molecular weight is 370 g/mol. The molecule has 3 rings (SSSR count). The Hall–Kier alpha value is -2.86. The molecule has 0 bridgehead atoms. The third-order valence-electron chi connectivity index (χ3n) is 3.98. The van der Waals surface area contributed by atoms with Crippen LogP contribution in [0.25, 0.3) is 10.8 Å². The molecule has 0 atom stereocenters. The Kier molecular flexibility index (Phi) is 4.95. The largest absolute Gasteiger partial charge is 0.497 e. The predicted molar refractivity (Wildman–Crippen MR) is 99.2 cm³/mol. The minimum absolute atomic E-state index is 0.0894. The molecular weight excluding hydrogens is 352 g/mol. The molecule has 0 aliphatic heterocycles. The number of ether oxygens (including phenoxy) is 2. The third kappa shape index (κ3) is 4.03. The van der Waals surface area contributed by atoms with Crippen molar-refractivity contribution in [2.75, 3.05) is 13.4 Å². The number of methoxy groups -OCH3 is 1. The summed E-state index contributed by atoms with van der Waals surface area (Å²) in [5.41, 5.74) is 1.05. The molecule has 26 heavy (non-hydrogen) atoms. The van der Waals surface area contributed by atoms with Crippen LogP contribution in [-0.2, 0) is 21.2 Å². The van der Waals surface area contributed by atoms with Crippen LogP contribution in [0.5, 0.6) is 5.75 Å². The van der Waals surface area contributed by atoms with E-state index >= 15 is 0 Å². The molecular formula is C20H18O5S. The van der Waals surface area contributed by atoms with Crippen molar-refractivity contribution in [2.24, 2.45) is 0 Å². The number of hydrogen-bond acceptors (Lipinski definition) is 5. The number of sulfone groups is 1. The van der Waals surface area contributed by atoms with Crippen molar-refractivity contribution in [2.45, 2.75) is 11.5 Å². The summed E-state index contributed by atoms with van der Waals surface area (Å²) in [5.74, 6) is 0.216. The molecule has 0 saturated carbocycles. The quantitative estimate of drug-likeness (QED) is 0.642. The van der Waals surface area contributed by atoms with Crippen LogP contribution in [-0.4, -0.2) is 27.8 Å². The van der Waals surface area contributed by atoms with Crippen LogP contribution in [0.15, 0.2) is 65.6 Å². The molecule has 0 heterocycles. The van der Waals surface area contributed by atoms with Gasteiger partial charge >= 0.3 is 5.97 Å². The van der Waals surface area contributed by atoms with Crippen LogP contribution in [0.2, 0.25) is 0 Å². The second-order valence-corrected chi connectivity index (χ2v) is 7.94. The molecule has 0 spiro atoms. The van der Waals surface area contributed by atoms with E-state index in [1.54, 1.807) is 7.11 Å². The number of rotatable bonds is 5. The fourth-order valence-corrected chi connectivity index (χ4v) is 3.24. The zero-order valence-electron chi connectivity index (χ0n) is 14.4. The van der Waals surface area contributed by atoms with E-state index in [1.807, 2.05) is 36.4 Å². The van der Waals surface area contributed by atoms with Crippen LogP contribution in [0.3, 0.4) is 0 Å². The minimum Gasteiger partial charge on any atom is -0.497 e. The van der Waals surface area contributed by atoms with Gasteiger partial charge in [0.15, 0.2) is 9.84 Å². The molecule has 0 N–H and O–H groups in total. The van der Waals surface area contributed by atoms with E-state index < -0.39 is 15.8 Å². The second kappa shape index (κ2) is 7.17. The van der Waals surface area contributed by atoms with E-state index in [1.165, 1.54) is 24.3 Å². The van der Waals surface area contributed by atoms with E-state index in [-0.39, 0.29) is 17.1 Å². The number of esters is 1. The lowest BCUT2D eigenvalue weighted by Crippen LogP contribution is -2.07. The van der Waals surface area contributed by atoms with Crippen molar-refractivity contribution in [3.05, 3.63) is 71.8 Å². The SMILES string of the molecule is COc1ccc2cc(COC(=O)c3cccc(S(C)(=O)=O)c3)ccc2c1. The maximum atomic E-state index is 12.2. The van der Waals surface area contributed by atoms with Gasteiger partial charge in [-0.15, -0.1) is 0 Å². The summed E-state index contributed by atoms with van der Waals surface area (Å²) < 4.78 is 33.7. The summed E-state index contributed by atoms with van der Waals surface area (Å²) in [6.07, 6.45) is 1.10. The molecule has 0 fully saturated rings. The summed E-state index contributed by atoms with van der Waals surface area (Å²) in [6, 6.07) is 17.3. The molecule has 0 aromatic heterocycles. The Morgan fingerprint density at radius 1 is 0.962 bits per heavy atom. The normalized spacial score (nSPS) is 11.3. The van der Waals surface area contributed by atoms with Crippen LogP contribution in [0, 0.1) is 0 Å². The highest BCUT2D eigenvalue weighted by Crippen LogP contribution is 2.22. The fraction of sp³-hybridized carbons (Fsp3) is 0.150. The van der Waals surface area contributed by atoms with E-state index in [4.69, 9.17) is 9.47 Å². The van der Waals surface area contributed by atoms with Gasteiger partial charge in [0.1, 0.15) is 12.4 Å². The highest BCUT2D eigenvalue weighted by Gasteiger charge is 2.13. The molecule has 0 radical (unpaired) electrons. The Morgan fingerprint density at radius 3 is 2.42 bits per heavy atom. The molecule has 0 aliphatic rings. The third-order valence-corrected chi connectivity index (χ3v) is 5.09. The first-order chi connectivity index (χ1) is 12.4. The van der Waals surface area contributed by atoms with Crippen molar-refractivity contribution in [3.63, 3.8) is 0 Å². The van der Waals surface area contributed by atoms with E-state index in [9.17, 15) is 13.2 Å². The Labute approximate surface area is 152 Å². The van der Waals surface area contributed by atoms with Gasteiger partial charge < -0.3 is 9.47 Å². The van der Waals surface area contributed by atoms with Gasteiger partial charge in [-0.05, 0) is 52.7 Å². The summed E-state index contributed by atoms with van der Waals surface area (Å²) in [6.45, 7) is 0.101. The van der Waals surface area contributed by atoms with Gasteiger partial charge in [0.2, 0.25) is 0 Å². The zero-order valence-corrected chi connectivity index (χ0v) is 15.2. The average Bonchev–Trinajstić information content (AvgIpc) is 2.65. The van der Waals surface area contributed by atoms with Gasteiger partial charge in [0.25, 0.3) is 0 Å². The standard InChI is InChI=1S/C20H18O5S/c1-24-18-9-8-15-10-14(6-7-16(15)11-18)13-25-20(21)17-4-3-5-19(12-17)26(2,22)23/h3-12H,13H2,1-2H3. The maximum absolute atomic E-state index is 12.2. The molecule has 0 amide bonds. The molecule has 3 aromatic carbocycles. The first kappa shape index (κ1) is 17.9. The molecule has 134 valence electrons. The van der Waals surface area contributed by atoms with Crippen LogP contribution in [0.1, 0.15) is 15.9 Å². The van der Waals surface area contributed by atoms with Crippen molar-refractivity contribution >= 4 is 26.6 Å². The van der Waals surface area contributed by atoms with Gasteiger partial charge in [-0.1, -0.05) is 24.3 Å². The molecule has 0 aliphatic carbocycles. The number of carbonyl (C=O) groups excluding carboxylic acids is 1. The summed E-state index contributed by atoms with van der Waals surface area (Å²) in [4.78, 5) is 12.3. The molecule has 0 saturated heterocycles. The monoisotopic (exact) mass is 370 g/mol. The first-order valence-corrected chi connectivity index (χ1v) is 9.80. The smallest absolute Gasteiger partial charge is 0.338 e. The highest BCUT2D eigenvalue weighted by atomic mass is 32.2. The Morgan fingerprint density at radius 2 is 1.69 bits per heavy atom. The van der Waals surface area contributed by atoms with Gasteiger partial charge in [0.05, 0.1) is 17.6 Å². The summed E-state index contributed by atoms with van der Waals surface area (Å²) >= 11 is 0. The number of carbonyl (C=O) groups is 1. The van der Waals surface area contributed by atoms with Crippen LogP contribution < -0.4 is 4.74 Å². The van der Waals surface area contributed by atoms with Gasteiger partial charge in [0, 0.05) is 6.26 Å². The highest BCUT2D eigenvalue weighted by molar-refractivity contribution is 7.90. The lowest BCUT2D eigenvalue weighted by atomic mass is 10.1. The predicted octanol–water partition coefficient (Wildman–Crippen LogP) is 3.61. The van der Waals surface area contributed by atoms with Gasteiger partial charge in [-0.3, -0.25) is 0 Å². The van der Waals surface area contributed by atoms with Crippen molar-refractivity contribution in [1.82, 2.24) is 0 Å². The minimum atomic E-state index is -3.37. The summed E-state index contributed by atoms with van der Waals surface area (Å²) in [7, 11) is -1.76. The summed E-state index contributed by atoms with van der Waals surface area (Å²) in [5, 5.41) is 2.04. The number of hydrogen-bond donors (Lipinski definition) is 0.